The fraction of sp³-hybridized carbons (Fsp3) is 0.562. The number of benzene rings is 1. The molecule has 0 spiro atoms. The third-order valence-corrected chi connectivity index (χ3v) is 4.21. The van der Waals surface area contributed by atoms with Gasteiger partial charge in [-0.25, -0.2) is 4.99 Å². The van der Waals surface area contributed by atoms with Crippen LogP contribution in [0, 0.1) is 0 Å². The van der Waals surface area contributed by atoms with E-state index in [-0.39, 0.29) is 0 Å². The molecule has 0 atom stereocenters. The van der Waals surface area contributed by atoms with Crippen molar-refractivity contribution in [3.05, 3.63) is 29.8 Å². The number of anilines is 1. The van der Waals surface area contributed by atoms with Crippen LogP contribution in [0.2, 0.25) is 0 Å². The maximum Gasteiger partial charge on any atom is 0.191 e. The lowest BCUT2D eigenvalue weighted by Gasteiger charge is -2.30. The first-order valence-corrected chi connectivity index (χ1v) is 7.69. The Morgan fingerprint density at radius 3 is 2.76 bits per heavy atom. The Morgan fingerprint density at radius 1 is 1.33 bits per heavy atom. The summed E-state index contributed by atoms with van der Waals surface area (Å²) in [5, 5.41) is 0. The van der Waals surface area contributed by atoms with E-state index in [0.717, 1.165) is 26.3 Å². The number of aliphatic imine (C=N–C) groups is 1. The normalized spacial score (nSPS) is 19.7. The van der Waals surface area contributed by atoms with E-state index in [1.54, 1.807) is 0 Å². The summed E-state index contributed by atoms with van der Waals surface area (Å²) >= 11 is 0. The van der Waals surface area contributed by atoms with Crippen LogP contribution in [0.3, 0.4) is 0 Å². The van der Waals surface area contributed by atoms with Gasteiger partial charge in [0.2, 0.25) is 0 Å². The monoisotopic (exact) mass is 288 g/mol. The van der Waals surface area contributed by atoms with Crippen molar-refractivity contribution in [3.8, 4) is 0 Å². The van der Waals surface area contributed by atoms with Gasteiger partial charge in [-0.15, -0.1) is 0 Å². The molecule has 3 rings (SSSR count). The third-order valence-electron chi connectivity index (χ3n) is 4.21. The van der Waals surface area contributed by atoms with Crippen molar-refractivity contribution in [1.29, 1.82) is 0 Å². The highest BCUT2D eigenvalue weighted by Gasteiger charge is 2.27. The Kier molecular flexibility index (Phi) is 4.29. The van der Waals surface area contributed by atoms with Gasteiger partial charge in [-0.1, -0.05) is 18.2 Å². The van der Waals surface area contributed by atoms with Crippen molar-refractivity contribution >= 4 is 11.6 Å². The molecule has 1 aliphatic heterocycles. The maximum absolute atomic E-state index is 6.08. The summed E-state index contributed by atoms with van der Waals surface area (Å²) in [7, 11) is 2.03. The van der Waals surface area contributed by atoms with Gasteiger partial charge in [-0.2, -0.15) is 0 Å². The van der Waals surface area contributed by atoms with Crippen molar-refractivity contribution in [2.24, 2.45) is 10.7 Å². The van der Waals surface area contributed by atoms with Crippen molar-refractivity contribution < 1.29 is 4.74 Å². The number of para-hydroxylation sites is 1. The van der Waals surface area contributed by atoms with Gasteiger partial charge in [0.1, 0.15) is 0 Å². The molecule has 1 aromatic carbocycles. The van der Waals surface area contributed by atoms with Gasteiger partial charge in [0.05, 0.1) is 19.8 Å². The fourth-order valence-electron chi connectivity index (χ4n) is 2.68. The van der Waals surface area contributed by atoms with Gasteiger partial charge >= 0.3 is 0 Å². The summed E-state index contributed by atoms with van der Waals surface area (Å²) in [5.41, 5.74) is 8.56. The molecule has 2 aliphatic rings. The molecule has 0 amide bonds. The minimum atomic E-state index is 0.600. The molecule has 2 N–H and O–H groups in total. The summed E-state index contributed by atoms with van der Waals surface area (Å²) in [5.74, 6) is 0.647. The first kappa shape index (κ1) is 14.2. The van der Waals surface area contributed by atoms with Crippen molar-refractivity contribution in [3.63, 3.8) is 0 Å². The topological polar surface area (TPSA) is 54.1 Å². The summed E-state index contributed by atoms with van der Waals surface area (Å²) in [6.07, 6.45) is 2.47. The Labute approximate surface area is 126 Å². The van der Waals surface area contributed by atoms with Crippen LogP contribution in [0.15, 0.2) is 29.3 Å². The number of ether oxygens (including phenoxy) is 1. The van der Waals surface area contributed by atoms with Crippen LogP contribution in [-0.2, 0) is 11.3 Å². The molecule has 1 heterocycles. The molecule has 5 nitrogen and oxygen atoms in total. The van der Waals surface area contributed by atoms with E-state index in [1.165, 1.54) is 24.1 Å². The summed E-state index contributed by atoms with van der Waals surface area (Å²) < 4.78 is 5.43. The number of hydrogen-bond donors (Lipinski definition) is 1. The lowest BCUT2D eigenvalue weighted by Crippen LogP contribution is -2.37. The summed E-state index contributed by atoms with van der Waals surface area (Å²) in [6, 6.07) is 9.05. The molecular weight excluding hydrogens is 264 g/mol. The average molecular weight is 288 g/mol. The van der Waals surface area contributed by atoms with Crippen LogP contribution >= 0.6 is 0 Å². The zero-order chi connectivity index (χ0) is 14.7. The Bertz CT molecular complexity index is 507. The molecule has 1 saturated carbocycles. The second-order valence-electron chi connectivity index (χ2n) is 5.74. The van der Waals surface area contributed by atoms with Gasteiger partial charge in [-0.3, -0.25) is 0 Å². The van der Waals surface area contributed by atoms with Crippen LogP contribution < -0.4 is 10.6 Å². The number of rotatable bonds is 4. The molecule has 5 heteroatoms. The molecule has 21 heavy (non-hydrogen) atoms. The standard InChI is InChI=1S/C16H24N4O/c1-19(14-6-7-14)16(17)18-12-13-4-2-3-5-15(13)20-8-10-21-11-9-20/h2-5,14H,6-12H2,1H3,(H2,17,18). The predicted octanol–water partition coefficient (Wildman–Crippen LogP) is 1.43. The minimum absolute atomic E-state index is 0.600. The molecule has 2 fully saturated rings. The van der Waals surface area contributed by atoms with E-state index in [4.69, 9.17) is 10.5 Å². The lowest BCUT2D eigenvalue weighted by atomic mass is 10.1. The second-order valence-corrected chi connectivity index (χ2v) is 5.74. The van der Waals surface area contributed by atoms with Crippen LogP contribution in [0.1, 0.15) is 18.4 Å². The van der Waals surface area contributed by atoms with E-state index in [1.807, 2.05) is 7.05 Å². The SMILES string of the molecule is CN(C(N)=NCc1ccccc1N1CCOCC1)C1CC1. The Balaban J connectivity index is 1.71. The van der Waals surface area contributed by atoms with Crippen LogP contribution in [0.25, 0.3) is 0 Å². The smallest absolute Gasteiger partial charge is 0.191 e. The van der Waals surface area contributed by atoms with Gasteiger partial charge in [-0.05, 0) is 24.5 Å². The number of nitrogens with zero attached hydrogens (tertiary/aromatic N) is 3. The van der Waals surface area contributed by atoms with Crippen molar-refractivity contribution in [2.45, 2.75) is 25.4 Å². The number of nitrogens with two attached hydrogens (primary N) is 1. The Morgan fingerprint density at radius 2 is 2.05 bits per heavy atom. The van der Waals surface area contributed by atoms with Gasteiger partial charge in [0.25, 0.3) is 0 Å². The molecule has 1 aliphatic carbocycles. The van der Waals surface area contributed by atoms with Gasteiger partial charge in [0.15, 0.2) is 5.96 Å². The summed E-state index contributed by atoms with van der Waals surface area (Å²) in [4.78, 5) is 9.04. The van der Waals surface area contributed by atoms with E-state index in [0.29, 0.717) is 18.5 Å². The first-order valence-electron chi connectivity index (χ1n) is 7.69. The zero-order valence-corrected chi connectivity index (χ0v) is 12.7. The van der Waals surface area contributed by atoms with Crippen LogP contribution in [-0.4, -0.2) is 50.3 Å². The highest BCUT2D eigenvalue weighted by atomic mass is 16.5. The number of hydrogen-bond acceptors (Lipinski definition) is 3. The number of morpholine rings is 1. The minimum Gasteiger partial charge on any atom is -0.378 e. The van der Waals surface area contributed by atoms with E-state index in [9.17, 15) is 0 Å². The largest absolute Gasteiger partial charge is 0.378 e. The Hall–Kier alpha value is -1.75. The van der Waals surface area contributed by atoms with Crippen molar-refractivity contribution in [1.82, 2.24) is 4.90 Å². The predicted molar refractivity (Wildman–Crippen MR) is 85.6 cm³/mol. The highest BCUT2D eigenvalue weighted by Crippen LogP contribution is 2.25. The number of guanidine groups is 1. The lowest BCUT2D eigenvalue weighted by molar-refractivity contribution is 0.122. The van der Waals surface area contributed by atoms with Crippen molar-refractivity contribution in [2.75, 3.05) is 38.3 Å². The maximum atomic E-state index is 6.08. The highest BCUT2D eigenvalue weighted by molar-refractivity contribution is 5.78. The quantitative estimate of drug-likeness (QED) is 0.673. The van der Waals surface area contributed by atoms with Crippen LogP contribution in [0.5, 0.6) is 0 Å². The summed E-state index contributed by atoms with van der Waals surface area (Å²) in [6.45, 7) is 4.11. The molecule has 0 bridgehead atoms. The fourth-order valence-corrected chi connectivity index (χ4v) is 2.68. The molecule has 114 valence electrons. The molecular formula is C16H24N4O. The first-order chi connectivity index (χ1) is 10.3. The second kappa shape index (κ2) is 6.35. The van der Waals surface area contributed by atoms with E-state index in [2.05, 4.69) is 39.1 Å². The van der Waals surface area contributed by atoms with Gasteiger partial charge < -0.3 is 20.3 Å². The van der Waals surface area contributed by atoms with E-state index < -0.39 is 0 Å². The molecule has 0 radical (unpaired) electrons. The molecule has 0 aromatic heterocycles. The molecule has 1 saturated heterocycles. The van der Waals surface area contributed by atoms with Crippen LogP contribution in [0.4, 0.5) is 5.69 Å². The van der Waals surface area contributed by atoms with Gasteiger partial charge in [0, 0.05) is 31.9 Å². The molecule has 0 unspecified atom stereocenters. The zero-order valence-electron chi connectivity index (χ0n) is 12.7. The molecule has 1 aromatic rings. The average Bonchev–Trinajstić information content (AvgIpc) is 3.38. The van der Waals surface area contributed by atoms with E-state index >= 15 is 0 Å². The third kappa shape index (κ3) is 3.47.